The van der Waals surface area contributed by atoms with Crippen LogP contribution in [0.25, 0.3) is 0 Å². The van der Waals surface area contributed by atoms with Gasteiger partial charge in [-0.05, 0) is 53.9 Å². The minimum absolute atomic E-state index is 0.0861. The standard InChI is InChI=1S/C23H23N3O4/c1-28-20-6-4-18(24-12-20)15-30-19-5-3-16-9-10-26(14-17(16)11-19)23(27)22-8-7-21(29-2)13-25-22/h3-8,11-13H,9-10,14-15H2,1-2H3. The Balaban J connectivity index is 1.42. The summed E-state index contributed by atoms with van der Waals surface area (Å²) in [4.78, 5) is 23.2. The van der Waals surface area contributed by atoms with E-state index in [1.807, 2.05) is 29.2 Å². The van der Waals surface area contributed by atoms with E-state index in [4.69, 9.17) is 14.2 Å². The highest BCUT2D eigenvalue weighted by atomic mass is 16.5. The monoisotopic (exact) mass is 405 g/mol. The Morgan fingerprint density at radius 1 is 0.933 bits per heavy atom. The molecule has 2 aromatic heterocycles. The molecule has 7 nitrogen and oxygen atoms in total. The van der Waals surface area contributed by atoms with Gasteiger partial charge in [-0.3, -0.25) is 9.78 Å². The van der Waals surface area contributed by atoms with Crippen molar-refractivity contribution in [3.63, 3.8) is 0 Å². The van der Waals surface area contributed by atoms with E-state index >= 15 is 0 Å². The highest BCUT2D eigenvalue weighted by Gasteiger charge is 2.23. The quantitative estimate of drug-likeness (QED) is 0.627. The molecule has 154 valence electrons. The molecule has 0 saturated carbocycles. The maximum atomic E-state index is 12.8. The molecule has 3 heterocycles. The predicted octanol–water partition coefficient (Wildman–Crippen LogP) is 3.27. The molecule has 4 rings (SSSR count). The highest BCUT2D eigenvalue weighted by molar-refractivity contribution is 5.92. The summed E-state index contributed by atoms with van der Waals surface area (Å²) in [6, 6.07) is 13.2. The van der Waals surface area contributed by atoms with Crippen molar-refractivity contribution in [3.8, 4) is 17.2 Å². The van der Waals surface area contributed by atoms with Crippen LogP contribution in [0.15, 0.2) is 54.9 Å². The number of benzene rings is 1. The number of hydrogen-bond donors (Lipinski definition) is 0. The Kier molecular flexibility index (Phi) is 5.79. The van der Waals surface area contributed by atoms with Gasteiger partial charge in [0.2, 0.25) is 0 Å². The number of carbonyl (C=O) groups excluding carboxylic acids is 1. The number of pyridine rings is 2. The molecule has 0 atom stereocenters. The first-order chi connectivity index (χ1) is 14.7. The summed E-state index contributed by atoms with van der Waals surface area (Å²) in [5.74, 6) is 2.01. The van der Waals surface area contributed by atoms with Crippen LogP contribution in [-0.4, -0.2) is 41.5 Å². The fourth-order valence-corrected chi connectivity index (χ4v) is 3.36. The third-order valence-corrected chi connectivity index (χ3v) is 5.09. The molecular formula is C23H23N3O4. The van der Waals surface area contributed by atoms with Crippen molar-refractivity contribution in [2.45, 2.75) is 19.6 Å². The number of nitrogens with zero attached hydrogens (tertiary/aromatic N) is 3. The summed E-state index contributed by atoms with van der Waals surface area (Å²) in [6.45, 7) is 1.55. The molecule has 1 aliphatic rings. The van der Waals surface area contributed by atoms with E-state index in [0.717, 1.165) is 23.4 Å². The average Bonchev–Trinajstić information content (AvgIpc) is 2.82. The number of methoxy groups -OCH3 is 2. The Bertz CT molecular complexity index is 1020. The van der Waals surface area contributed by atoms with Crippen molar-refractivity contribution < 1.29 is 19.0 Å². The van der Waals surface area contributed by atoms with Gasteiger partial charge in [-0.1, -0.05) is 6.07 Å². The minimum Gasteiger partial charge on any atom is -0.495 e. The van der Waals surface area contributed by atoms with Crippen molar-refractivity contribution in [1.82, 2.24) is 14.9 Å². The van der Waals surface area contributed by atoms with Crippen molar-refractivity contribution >= 4 is 5.91 Å². The van der Waals surface area contributed by atoms with Gasteiger partial charge in [0.15, 0.2) is 0 Å². The zero-order valence-corrected chi connectivity index (χ0v) is 17.0. The molecule has 1 aliphatic heterocycles. The summed E-state index contributed by atoms with van der Waals surface area (Å²) in [5.41, 5.74) is 3.55. The van der Waals surface area contributed by atoms with Crippen LogP contribution in [0, 0.1) is 0 Å². The number of carbonyl (C=O) groups is 1. The van der Waals surface area contributed by atoms with Crippen LogP contribution in [0.4, 0.5) is 0 Å². The first kappa shape index (κ1) is 19.7. The molecule has 1 amide bonds. The first-order valence-electron chi connectivity index (χ1n) is 9.69. The zero-order valence-electron chi connectivity index (χ0n) is 17.0. The summed E-state index contributed by atoms with van der Waals surface area (Å²) in [6.07, 6.45) is 4.03. The van der Waals surface area contributed by atoms with E-state index in [1.54, 1.807) is 38.7 Å². The summed E-state index contributed by atoms with van der Waals surface area (Å²) in [7, 11) is 3.18. The fraction of sp³-hybridized carbons (Fsp3) is 0.261. The first-order valence-corrected chi connectivity index (χ1v) is 9.69. The van der Waals surface area contributed by atoms with E-state index in [0.29, 0.717) is 36.9 Å². The molecule has 0 N–H and O–H groups in total. The van der Waals surface area contributed by atoms with Gasteiger partial charge in [0.25, 0.3) is 5.91 Å². The number of ether oxygens (including phenoxy) is 3. The lowest BCUT2D eigenvalue weighted by Crippen LogP contribution is -2.36. The van der Waals surface area contributed by atoms with Crippen LogP contribution in [0.5, 0.6) is 17.2 Å². The van der Waals surface area contributed by atoms with Crippen molar-refractivity contribution in [1.29, 1.82) is 0 Å². The molecule has 1 aromatic carbocycles. The van der Waals surface area contributed by atoms with Gasteiger partial charge in [0.05, 0.1) is 32.3 Å². The largest absolute Gasteiger partial charge is 0.495 e. The van der Waals surface area contributed by atoms with Gasteiger partial charge in [-0.2, -0.15) is 0 Å². The fourth-order valence-electron chi connectivity index (χ4n) is 3.36. The average molecular weight is 405 g/mol. The van der Waals surface area contributed by atoms with Gasteiger partial charge in [-0.15, -0.1) is 0 Å². The van der Waals surface area contributed by atoms with Crippen LogP contribution in [0.3, 0.4) is 0 Å². The lowest BCUT2D eigenvalue weighted by molar-refractivity contribution is 0.0728. The highest BCUT2D eigenvalue weighted by Crippen LogP contribution is 2.25. The molecule has 3 aromatic rings. The van der Waals surface area contributed by atoms with E-state index < -0.39 is 0 Å². The maximum absolute atomic E-state index is 12.8. The molecule has 30 heavy (non-hydrogen) atoms. The second-order valence-corrected chi connectivity index (χ2v) is 6.97. The third-order valence-electron chi connectivity index (χ3n) is 5.09. The molecule has 0 fully saturated rings. The number of rotatable bonds is 6. The van der Waals surface area contributed by atoms with Crippen LogP contribution in [-0.2, 0) is 19.6 Å². The van der Waals surface area contributed by atoms with Gasteiger partial charge in [-0.25, -0.2) is 4.98 Å². The zero-order chi connectivity index (χ0) is 20.9. The predicted molar refractivity (Wildman–Crippen MR) is 111 cm³/mol. The van der Waals surface area contributed by atoms with Gasteiger partial charge in [0, 0.05) is 13.1 Å². The molecule has 0 saturated heterocycles. The van der Waals surface area contributed by atoms with Crippen LogP contribution in [0.1, 0.15) is 27.3 Å². The molecule has 0 aliphatic carbocycles. The summed E-state index contributed by atoms with van der Waals surface area (Å²) >= 11 is 0. The number of amides is 1. The molecule has 7 heteroatoms. The SMILES string of the molecule is COc1ccc(COc2ccc3c(c2)CN(C(=O)c2ccc(OC)cn2)CC3)nc1. The van der Waals surface area contributed by atoms with Gasteiger partial charge < -0.3 is 19.1 Å². The normalized spacial score (nSPS) is 12.8. The topological polar surface area (TPSA) is 73.8 Å². The molecule has 0 spiro atoms. The lowest BCUT2D eigenvalue weighted by atomic mass is 9.99. The van der Waals surface area contributed by atoms with E-state index in [9.17, 15) is 4.79 Å². The molecular weight excluding hydrogens is 382 g/mol. The molecule has 0 unspecified atom stereocenters. The second kappa shape index (κ2) is 8.82. The van der Waals surface area contributed by atoms with Gasteiger partial charge in [0.1, 0.15) is 29.5 Å². The summed E-state index contributed by atoms with van der Waals surface area (Å²) in [5, 5.41) is 0. The van der Waals surface area contributed by atoms with Crippen molar-refractivity contribution in [2.75, 3.05) is 20.8 Å². The second-order valence-electron chi connectivity index (χ2n) is 6.97. The van der Waals surface area contributed by atoms with E-state index in [2.05, 4.69) is 16.0 Å². The maximum Gasteiger partial charge on any atom is 0.272 e. The summed E-state index contributed by atoms with van der Waals surface area (Å²) < 4.78 is 16.1. The number of hydrogen-bond acceptors (Lipinski definition) is 6. The lowest BCUT2D eigenvalue weighted by Gasteiger charge is -2.29. The Labute approximate surface area is 175 Å². The Morgan fingerprint density at radius 2 is 1.67 bits per heavy atom. The van der Waals surface area contributed by atoms with Crippen LogP contribution < -0.4 is 14.2 Å². The van der Waals surface area contributed by atoms with Crippen molar-refractivity contribution in [2.24, 2.45) is 0 Å². The molecule has 0 bridgehead atoms. The van der Waals surface area contributed by atoms with Crippen molar-refractivity contribution in [3.05, 3.63) is 77.4 Å². The van der Waals surface area contributed by atoms with Gasteiger partial charge >= 0.3 is 0 Å². The third kappa shape index (κ3) is 4.35. The molecule has 0 radical (unpaired) electrons. The van der Waals surface area contributed by atoms with E-state index in [-0.39, 0.29) is 5.91 Å². The van der Waals surface area contributed by atoms with Crippen LogP contribution in [0.2, 0.25) is 0 Å². The number of fused-ring (bicyclic) bond motifs is 1. The minimum atomic E-state index is -0.0861. The number of aromatic nitrogens is 2. The Hall–Kier alpha value is -3.61. The van der Waals surface area contributed by atoms with Crippen LogP contribution >= 0.6 is 0 Å². The van der Waals surface area contributed by atoms with E-state index in [1.165, 1.54) is 5.56 Å². The Morgan fingerprint density at radius 3 is 2.33 bits per heavy atom. The smallest absolute Gasteiger partial charge is 0.272 e.